The Bertz CT molecular complexity index is 1220. The number of pyridine rings is 4. The number of rotatable bonds is 14. The van der Waals surface area contributed by atoms with Crippen LogP contribution in [-0.2, 0) is 19.5 Å². The number of nitrogens with zero attached hydrogens (tertiary/aromatic N) is 4. The molecule has 0 aliphatic carbocycles. The van der Waals surface area contributed by atoms with Crippen LogP contribution in [0.5, 0.6) is 0 Å². The van der Waals surface area contributed by atoms with E-state index in [0.29, 0.717) is 0 Å². The highest BCUT2D eigenvalue weighted by Crippen LogP contribution is 2.18. The van der Waals surface area contributed by atoms with Crippen molar-refractivity contribution in [1.29, 1.82) is 0 Å². The van der Waals surface area contributed by atoms with Gasteiger partial charge in [-0.2, -0.15) is 11.8 Å². The van der Waals surface area contributed by atoms with Gasteiger partial charge in [0.25, 0.3) is 0 Å². The summed E-state index contributed by atoms with van der Waals surface area (Å²) in [5, 5.41) is 0. The summed E-state index contributed by atoms with van der Waals surface area (Å²) in [6, 6.07) is 17.4. The van der Waals surface area contributed by atoms with E-state index < -0.39 is 0 Å². The Balaban J connectivity index is 1.16. The normalized spacial score (nSPS) is 11.1. The Morgan fingerprint density at radius 2 is 1.22 bits per heavy atom. The molecule has 5 heteroatoms. The average Bonchev–Trinajstić information content (AvgIpc) is 2.94. The first-order valence-corrected chi connectivity index (χ1v) is 15.0. The molecule has 4 nitrogen and oxygen atoms in total. The molecular formula is C32H40N4S+2. The fraction of sp³-hybridized carbons (Fsp3) is 0.375. The van der Waals surface area contributed by atoms with Crippen LogP contribution < -0.4 is 9.13 Å². The third kappa shape index (κ3) is 8.78. The second kappa shape index (κ2) is 14.6. The molecule has 0 aromatic carbocycles. The highest BCUT2D eigenvalue weighted by Gasteiger charge is 2.07. The quantitative estimate of drug-likeness (QED) is 0.140. The van der Waals surface area contributed by atoms with Gasteiger partial charge in [0.05, 0.1) is 11.4 Å². The van der Waals surface area contributed by atoms with E-state index in [4.69, 9.17) is 0 Å². The molecule has 4 heterocycles. The van der Waals surface area contributed by atoms with Crippen molar-refractivity contribution in [3.05, 3.63) is 96.8 Å². The molecule has 0 amide bonds. The SMILES string of the molecule is CSCCCC[n+]1ccc(-c2cc[n+](CCCCCCc3ccnc(-c4cc(C)ccn4)c3)cc2)cc1. The van der Waals surface area contributed by atoms with Gasteiger partial charge in [0.1, 0.15) is 13.1 Å². The second-order valence-electron chi connectivity index (χ2n) is 9.78. The molecule has 0 fully saturated rings. The van der Waals surface area contributed by atoms with E-state index in [2.05, 4.69) is 99.5 Å². The van der Waals surface area contributed by atoms with Gasteiger partial charge < -0.3 is 0 Å². The molecule has 0 saturated heterocycles. The summed E-state index contributed by atoms with van der Waals surface area (Å²) in [6.07, 6.45) is 23.3. The molecule has 4 aromatic heterocycles. The van der Waals surface area contributed by atoms with E-state index in [1.807, 2.05) is 30.2 Å². The van der Waals surface area contributed by atoms with Gasteiger partial charge in [-0.1, -0.05) is 6.42 Å². The highest BCUT2D eigenvalue weighted by atomic mass is 32.2. The fourth-order valence-corrected chi connectivity index (χ4v) is 5.05. The van der Waals surface area contributed by atoms with Crippen LogP contribution in [0.3, 0.4) is 0 Å². The lowest BCUT2D eigenvalue weighted by Crippen LogP contribution is -2.33. The molecule has 0 aliphatic heterocycles. The van der Waals surface area contributed by atoms with Crippen LogP contribution in [0.1, 0.15) is 49.7 Å². The molecule has 192 valence electrons. The maximum absolute atomic E-state index is 4.52. The van der Waals surface area contributed by atoms with Crippen molar-refractivity contribution < 1.29 is 9.13 Å². The molecule has 0 atom stereocenters. The predicted octanol–water partition coefficient (Wildman–Crippen LogP) is 6.64. The van der Waals surface area contributed by atoms with Crippen LogP contribution >= 0.6 is 11.8 Å². The van der Waals surface area contributed by atoms with E-state index in [9.17, 15) is 0 Å². The van der Waals surface area contributed by atoms with Crippen LogP contribution in [-0.4, -0.2) is 22.0 Å². The van der Waals surface area contributed by atoms with E-state index in [1.54, 1.807) is 0 Å². The number of unbranched alkanes of at least 4 members (excludes halogenated alkanes) is 4. The largest absolute Gasteiger partial charge is 0.255 e. The first-order valence-electron chi connectivity index (χ1n) is 13.6. The van der Waals surface area contributed by atoms with Crippen molar-refractivity contribution in [1.82, 2.24) is 9.97 Å². The lowest BCUT2D eigenvalue weighted by atomic mass is 10.1. The van der Waals surface area contributed by atoms with E-state index >= 15 is 0 Å². The Morgan fingerprint density at radius 3 is 1.84 bits per heavy atom. The molecule has 0 spiro atoms. The highest BCUT2D eigenvalue weighted by molar-refractivity contribution is 7.98. The lowest BCUT2D eigenvalue weighted by molar-refractivity contribution is -0.697. The summed E-state index contributed by atoms with van der Waals surface area (Å²) in [6.45, 7) is 4.27. The first-order chi connectivity index (χ1) is 18.2. The van der Waals surface area contributed by atoms with E-state index in [-0.39, 0.29) is 0 Å². The van der Waals surface area contributed by atoms with Gasteiger partial charge in [0.15, 0.2) is 24.8 Å². The third-order valence-corrected chi connectivity index (χ3v) is 7.46. The molecule has 0 unspecified atom stereocenters. The zero-order chi connectivity index (χ0) is 25.7. The Labute approximate surface area is 226 Å². The van der Waals surface area contributed by atoms with Gasteiger partial charge in [0.2, 0.25) is 0 Å². The van der Waals surface area contributed by atoms with Crippen LogP contribution in [0.25, 0.3) is 22.5 Å². The topological polar surface area (TPSA) is 33.5 Å². The minimum absolute atomic E-state index is 0.956. The number of aromatic nitrogens is 4. The number of hydrogen-bond donors (Lipinski definition) is 0. The second-order valence-corrected chi connectivity index (χ2v) is 10.8. The molecular weight excluding hydrogens is 472 g/mol. The van der Waals surface area contributed by atoms with E-state index in [1.165, 1.54) is 66.5 Å². The summed E-state index contributed by atoms with van der Waals surface area (Å²) in [5.41, 5.74) is 7.05. The Hall–Kier alpha value is -3.05. The predicted molar refractivity (Wildman–Crippen MR) is 154 cm³/mol. The molecule has 4 rings (SSSR count). The summed E-state index contributed by atoms with van der Waals surface area (Å²) in [4.78, 5) is 9.00. The van der Waals surface area contributed by atoms with Crippen LogP contribution in [0.2, 0.25) is 0 Å². The van der Waals surface area contributed by atoms with Crippen LogP contribution in [0.15, 0.2) is 85.7 Å². The van der Waals surface area contributed by atoms with Crippen molar-refractivity contribution in [2.45, 2.75) is 65.0 Å². The van der Waals surface area contributed by atoms with Gasteiger partial charge in [-0.15, -0.1) is 0 Å². The zero-order valence-corrected chi connectivity index (χ0v) is 23.2. The standard InChI is InChI=1S/C32H40N4S/c1-27-10-16-33-31(25-27)32-26-28(11-17-34-32)9-5-3-4-6-18-35-20-12-29(13-21-35)30-14-22-36(23-15-30)19-7-8-24-37-2/h10-17,20-23,25-26H,3-9,18-19,24H2,1-2H3/q+2. The number of hydrogen-bond acceptors (Lipinski definition) is 3. The van der Waals surface area contributed by atoms with Gasteiger partial charge in [-0.05, 0) is 91.1 Å². The Kier molecular flexibility index (Phi) is 10.7. The maximum Gasteiger partial charge on any atom is 0.169 e. The van der Waals surface area contributed by atoms with E-state index in [0.717, 1.165) is 30.9 Å². The van der Waals surface area contributed by atoms with Crippen molar-refractivity contribution in [3.8, 4) is 22.5 Å². The van der Waals surface area contributed by atoms with Crippen molar-refractivity contribution in [2.75, 3.05) is 12.0 Å². The summed E-state index contributed by atoms with van der Waals surface area (Å²) in [7, 11) is 0. The van der Waals surface area contributed by atoms with Crippen molar-refractivity contribution in [2.24, 2.45) is 0 Å². The summed E-state index contributed by atoms with van der Waals surface area (Å²) in [5.74, 6) is 1.25. The van der Waals surface area contributed by atoms with Gasteiger partial charge in [-0.25, -0.2) is 9.13 Å². The van der Waals surface area contributed by atoms with Gasteiger partial charge >= 0.3 is 0 Å². The molecule has 37 heavy (non-hydrogen) atoms. The minimum Gasteiger partial charge on any atom is -0.255 e. The zero-order valence-electron chi connectivity index (χ0n) is 22.4. The molecule has 0 radical (unpaired) electrons. The molecule has 0 aliphatic rings. The van der Waals surface area contributed by atoms with Gasteiger partial charge in [0, 0.05) is 49.5 Å². The van der Waals surface area contributed by atoms with Crippen LogP contribution in [0, 0.1) is 6.92 Å². The Morgan fingerprint density at radius 1 is 0.649 bits per heavy atom. The fourth-order valence-electron chi connectivity index (χ4n) is 4.56. The molecule has 0 bridgehead atoms. The van der Waals surface area contributed by atoms with Crippen molar-refractivity contribution >= 4 is 11.8 Å². The van der Waals surface area contributed by atoms with Crippen molar-refractivity contribution in [3.63, 3.8) is 0 Å². The first kappa shape index (κ1) is 27.0. The number of aryl methyl sites for hydroxylation is 4. The summed E-state index contributed by atoms with van der Waals surface area (Å²) >= 11 is 1.93. The smallest absolute Gasteiger partial charge is 0.169 e. The average molecular weight is 513 g/mol. The lowest BCUT2D eigenvalue weighted by Gasteiger charge is -2.05. The number of thioether (sulfide) groups is 1. The summed E-state index contributed by atoms with van der Waals surface area (Å²) < 4.78 is 4.60. The molecule has 0 saturated carbocycles. The van der Waals surface area contributed by atoms with Crippen LogP contribution in [0.4, 0.5) is 0 Å². The van der Waals surface area contributed by atoms with Gasteiger partial charge in [-0.3, -0.25) is 9.97 Å². The maximum atomic E-state index is 4.52. The molecule has 0 N–H and O–H groups in total. The monoisotopic (exact) mass is 512 g/mol. The minimum atomic E-state index is 0.956. The third-order valence-electron chi connectivity index (χ3n) is 6.76. The molecule has 4 aromatic rings.